The molecule has 0 aliphatic carbocycles. The first-order valence-electron chi connectivity index (χ1n) is 6.62. The molecule has 128 valence electrons. The van der Waals surface area contributed by atoms with Crippen LogP contribution in [0.2, 0.25) is 0 Å². The topological polar surface area (TPSA) is 122 Å². The van der Waals surface area contributed by atoms with Gasteiger partial charge in [0.25, 0.3) is 0 Å². The molecule has 0 saturated carbocycles. The molecule has 0 amide bonds. The fourth-order valence-corrected chi connectivity index (χ4v) is 2.88. The molecule has 0 spiro atoms. The molecule has 1 atom stereocenters. The lowest BCUT2D eigenvalue weighted by Crippen LogP contribution is -2.45. The van der Waals surface area contributed by atoms with Crippen molar-refractivity contribution in [3.8, 4) is 0 Å². The molecule has 0 aliphatic rings. The predicted octanol–water partition coefficient (Wildman–Crippen LogP) is 0.504. The van der Waals surface area contributed by atoms with E-state index in [9.17, 15) is 13.2 Å². The molecule has 7 nitrogen and oxygen atoms in total. The van der Waals surface area contributed by atoms with Gasteiger partial charge in [-0.05, 0) is 48.3 Å². The summed E-state index contributed by atoms with van der Waals surface area (Å²) in [5.41, 5.74) is 0.789. The monoisotopic (exact) mass is 377 g/mol. The van der Waals surface area contributed by atoms with Crippen molar-refractivity contribution in [2.24, 2.45) is 5.14 Å². The molecule has 0 aliphatic heterocycles. The minimum Gasteiger partial charge on any atom is -0.480 e. The highest BCUT2D eigenvalue weighted by atomic mass is 32.2. The SMILES string of the molecule is CSCCC(NC(=S)NCc1ccc(S(N)(=O)=O)cc1)C(=O)O. The Balaban J connectivity index is 2.53. The summed E-state index contributed by atoms with van der Waals surface area (Å²) in [5, 5.41) is 20.0. The third-order valence-corrected chi connectivity index (χ3v) is 4.75. The fourth-order valence-electron chi connectivity index (χ4n) is 1.68. The van der Waals surface area contributed by atoms with Gasteiger partial charge in [0.15, 0.2) is 5.11 Å². The van der Waals surface area contributed by atoms with E-state index in [4.69, 9.17) is 22.5 Å². The molecule has 0 fully saturated rings. The number of nitrogens with one attached hydrogen (secondary N) is 2. The minimum absolute atomic E-state index is 0.0324. The van der Waals surface area contributed by atoms with E-state index in [0.717, 1.165) is 5.56 Å². The lowest BCUT2D eigenvalue weighted by Gasteiger charge is -2.17. The van der Waals surface area contributed by atoms with E-state index in [1.54, 1.807) is 23.9 Å². The first kappa shape index (κ1) is 19.7. The van der Waals surface area contributed by atoms with E-state index in [1.807, 2.05) is 6.26 Å². The van der Waals surface area contributed by atoms with Crippen LogP contribution in [0.3, 0.4) is 0 Å². The van der Waals surface area contributed by atoms with Gasteiger partial charge < -0.3 is 15.7 Å². The number of nitrogens with two attached hydrogens (primary N) is 1. The first-order valence-corrected chi connectivity index (χ1v) is 9.96. The zero-order chi connectivity index (χ0) is 17.5. The fraction of sp³-hybridized carbons (Fsp3) is 0.385. The number of rotatable bonds is 8. The number of sulfonamides is 1. The van der Waals surface area contributed by atoms with Crippen molar-refractivity contribution in [1.29, 1.82) is 0 Å². The summed E-state index contributed by atoms with van der Waals surface area (Å²) in [7, 11) is -3.71. The number of carbonyl (C=O) groups is 1. The molecular weight excluding hydrogens is 358 g/mol. The Morgan fingerprint density at radius 3 is 2.48 bits per heavy atom. The largest absolute Gasteiger partial charge is 0.480 e. The molecule has 1 aromatic rings. The van der Waals surface area contributed by atoms with Crippen LogP contribution >= 0.6 is 24.0 Å². The van der Waals surface area contributed by atoms with Gasteiger partial charge in [0.2, 0.25) is 10.0 Å². The average molecular weight is 378 g/mol. The van der Waals surface area contributed by atoms with Crippen molar-refractivity contribution in [2.75, 3.05) is 12.0 Å². The molecule has 0 heterocycles. The second kappa shape index (κ2) is 9.06. The molecule has 23 heavy (non-hydrogen) atoms. The van der Waals surface area contributed by atoms with Crippen LogP contribution < -0.4 is 15.8 Å². The van der Waals surface area contributed by atoms with Gasteiger partial charge in [0.1, 0.15) is 6.04 Å². The molecule has 0 bridgehead atoms. The van der Waals surface area contributed by atoms with Crippen molar-refractivity contribution < 1.29 is 18.3 Å². The Kier molecular flexibility index (Phi) is 7.76. The summed E-state index contributed by atoms with van der Waals surface area (Å²) in [6, 6.07) is 5.28. The van der Waals surface area contributed by atoms with Crippen LogP contribution in [0, 0.1) is 0 Å². The molecule has 1 rings (SSSR count). The summed E-state index contributed by atoms with van der Waals surface area (Å²) < 4.78 is 22.3. The molecular formula is C13H19N3O4S3. The van der Waals surface area contributed by atoms with E-state index in [0.29, 0.717) is 18.7 Å². The van der Waals surface area contributed by atoms with Crippen molar-refractivity contribution in [3.63, 3.8) is 0 Å². The highest BCUT2D eigenvalue weighted by molar-refractivity contribution is 7.98. The second-order valence-corrected chi connectivity index (χ2v) is 7.64. The quantitative estimate of drug-likeness (QED) is 0.483. The predicted molar refractivity (Wildman–Crippen MR) is 94.8 cm³/mol. The molecule has 1 unspecified atom stereocenters. The number of carboxylic acids is 1. The van der Waals surface area contributed by atoms with Gasteiger partial charge in [-0.1, -0.05) is 12.1 Å². The summed E-state index contributed by atoms with van der Waals surface area (Å²) in [6.45, 7) is 0.339. The highest BCUT2D eigenvalue weighted by Crippen LogP contribution is 2.08. The molecule has 0 radical (unpaired) electrons. The van der Waals surface area contributed by atoms with E-state index >= 15 is 0 Å². The number of hydrogen-bond donors (Lipinski definition) is 4. The normalized spacial score (nSPS) is 12.4. The molecule has 0 saturated heterocycles. The molecule has 0 aromatic heterocycles. The minimum atomic E-state index is -3.71. The Labute approximate surface area is 145 Å². The van der Waals surface area contributed by atoms with Crippen molar-refractivity contribution in [3.05, 3.63) is 29.8 Å². The van der Waals surface area contributed by atoms with Crippen LogP contribution in [-0.2, 0) is 21.4 Å². The summed E-state index contributed by atoms with van der Waals surface area (Å²) in [5.74, 6) is -0.248. The number of thiocarbonyl (C=S) groups is 1. The van der Waals surface area contributed by atoms with E-state index in [-0.39, 0.29) is 10.0 Å². The van der Waals surface area contributed by atoms with Crippen molar-refractivity contribution in [1.82, 2.24) is 10.6 Å². The van der Waals surface area contributed by atoms with Crippen LogP contribution in [0.15, 0.2) is 29.2 Å². The van der Waals surface area contributed by atoms with Crippen LogP contribution in [0.4, 0.5) is 0 Å². The summed E-state index contributed by atoms with van der Waals surface area (Å²) in [6.07, 6.45) is 2.36. The third-order valence-electron chi connectivity index (χ3n) is 2.92. The maximum atomic E-state index is 11.2. The number of aliphatic carboxylic acids is 1. The van der Waals surface area contributed by atoms with Crippen molar-refractivity contribution >= 4 is 45.1 Å². The molecule has 1 aromatic carbocycles. The Morgan fingerprint density at radius 1 is 1.39 bits per heavy atom. The molecule has 5 N–H and O–H groups in total. The number of benzene rings is 1. The first-order chi connectivity index (χ1) is 10.7. The van der Waals surface area contributed by atoms with Crippen LogP contribution in [0.1, 0.15) is 12.0 Å². The Bertz CT molecular complexity index is 647. The van der Waals surface area contributed by atoms with Gasteiger partial charge in [-0.15, -0.1) is 0 Å². The van der Waals surface area contributed by atoms with Gasteiger partial charge in [-0.3, -0.25) is 0 Å². The third kappa shape index (κ3) is 7.16. The zero-order valence-electron chi connectivity index (χ0n) is 12.5. The lowest BCUT2D eigenvalue weighted by atomic mass is 10.2. The second-order valence-electron chi connectivity index (χ2n) is 4.69. The van der Waals surface area contributed by atoms with Gasteiger partial charge in [-0.25, -0.2) is 18.4 Å². The molecule has 10 heteroatoms. The zero-order valence-corrected chi connectivity index (χ0v) is 14.9. The number of carboxylic acid groups (broad SMARTS) is 1. The van der Waals surface area contributed by atoms with Gasteiger partial charge in [-0.2, -0.15) is 11.8 Å². The highest BCUT2D eigenvalue weighted by Gasteiger charge is 2.17. The van der Waals surface area contributed by atoms with E-state index < -0.39 is 22.0 Å². The van der Waals surface area contributed by atoms with E-state index in [2.05, 4.69) is 10.6 Å². The average Bonchev–Trinajstić information content (AvgIpc) is 2.48. The van der Waals surface area contributed by atoms with Crippen LogP contribution in [0.25, 0.3) is 0 Å². The number of hydrogen-bond acceptors (Lipinski definition) is 5. The van der Waals surface area contributed by atoms with Gasteiger partial charge in [0, 0.05) is 6.54 Å². The van der Waals surface area contributed by atoms with Gasteiger partial charge in [0.05, 0.1) is 4.90 Å². The summed E-state index contributed by atoms with van der Waals surface area (Å²) >= 11 is 6.64. The van der Waals surface area contributed by atoms with Crippen LogP contribution in [-0.4, -0.2) is 42.7 Å². The van der Waals surface area contributed by atoms with Crippen LogP contribution in [0.5, 0.6) is 0 Å². The summed E-state index contributed by atoms with van der Waals surface area (Å²) in [4.78, 5) is 11.2. The maximum Gasteiger partial charge on any atom is 0.326 e. The Hall–Kier alpha value is -1.36. The van der Waals surface area contributed by atoms with E-state index in [1.165, 1.54) is 12.1 Å². The van der Waals surface area contributed by atoms with Gasteiger partial charge >= 0.3 is 5.97 Å². The van der Waals surface area contributed by atoms with Crippen molar-refractivity contribution in [2.45, 2.75) is 23.9 Å². The smallest absolute Gasteiger partial charge is 0.326 e. The Morgan fingerprint density at radius 2 is 2.00 bits per heavy atom. The standard InChI is InChI=1S/C13H19N3O4S3/c1-22-7-6-11(12(17)18)16-13(21)15-8-9-2-4-10(5-3-9)23(14,19)20/h2-5,11H,6-8H2,1H3,(H,17,18)(H2,14,19,20)(H2,15,16,21). The maximum absolute atomic E-state index is 11.2. The number of thioether (sulfide) groups is 1. The lowest BCUT2D eigenvalue weighted by molar-refractivity contribution is -0.139. The number of primary sulfonamides is 1.